The maximum absolute atomic E-state index is 13.2. The third-order valence-electron chi connectivity index (χ3n) is 6.98. The molecule has 0 spiro atoms. The number of fused-ring (bicyclic) bond motifs is 2. The molecular weight excluding hydrogens is 412 g/mol. The molecule has 6 nitrogen and oxygen atoms in total. The first kappa shape index (κ1) is 21.3. The summed E-state index contributed by atoms with van der Waals surface area (Å²) in [5.74, 6) is 0.233. The van der Waals surface area contributed by atoms with Gasteiger partial charge in [-0.15, -0.1) is 0 Å². The lowest BCUT2D eigenvalue weighted by Crippen LogP contribution is -2.56. The van der Waals surface area contributed by atoms with Crippen molar-refractivity contribution in [1.29, 1.82) is 0 Å². The van der Waals surface area contributed by atoms with Crippen molar-refractivity contribution < 1.29 is 9.59 Å². The smallest absolute Gasteiger partial charge is 0.227 e. The lowest BCUT2D eigenvalue weighted by Gasteiger charge is -2.40. The number of carbonyl (C=O) groups excluding carboxylic acids is 2. The zero-order chi connectivity index (χ0) is 23.1. The zero-order valence-corrected chi connectivity index (χ0v) is 19.4. The first-order chi connectivity index (χ1) is 15.9. The Morgan fingerprint density at radius 2 is 1.39 bits per heavy atom. The summed E-state index contributed by atoms with van der Waals surface area (Å²) < 4.78 is 0. The lowest BCUT2D eigenvalue weighted by molar-refractivity contribution is -0.141. The molecule has 5 rings (SSSR count). The number of aromatic amines is 2. The van der Waals surface area contributed by atoms with Gasteiger partial charge in [-0.1, -0.05) is 24.3 Å². The first-order valence-corrected chi connectivity index (χ1v) is 11.6. The van der Waals surface area contributed by atoms with Crippen LogP contribution in [0.15, 0.2) is 48.8 Å². The van der Waals surface area contributed by atoms with Gasteiger partial charge in [0.1, 0.15) is 0 Å². The van der Waals surface area contributed by atoms with Crippen LogP contribution in [0.25, 0.3) is 21.8 Å². The van der Waals surface area contributed by atoms with Crippen LogP contribution in [0.5, 0.6) is 0 Å². The monoisotopic (exact) mass is 442 g/mol. The van der Waals surface area contributed by atoms with Crippen LogP contribution >= 0.6 is 0 Å². The number of carbonyl (C=O) groups is 2. The van der Waals surface area contributed by atoms with Crippen molar-refractivity contribution >= 4 is 33.6 Å². The van der Waals surface area contributed by atoms with Gasteiger partial charge in [-0.05, 0) is 55.2 Å². The highest BCUT2D eigenvalue weighted by atomic mass is 16.2. The number of amides is 2. The molecule has 3 heterocycles. The van der Waals surface area contributed by atoms with Gasteiger partial charge in [0.2, 0.25) is 11.8 Å². The quantitative estimate of drug-likeness (QED) is 0.499. The van der Waals surface area contributed by atoms with Crippen molar-refractivity contribution in [3.63, 3.8) is 0 Å². The summed E-state index contributed by atoms with van der Waals surface area (Å²) in [6, 6.07) is 12.3. The van der Waals surface area contributed by atoms with Gasteiger partial charge in [0.05, 0.1) is 12.8 Å². The van der Waals surface area contributed by atoms with Gasteiger partial charge in [-0.3, -0.25) is 9.59 Å². The van der Waals surface area contributed by atoms with E-state index in [9.17, 15) is 9.59 Å². The summed E-state index contributed by atoms with van der Waals surface area (Å²) in [6.07, 6.45) is 4.64. The summed E-state index contributed by atoms with van der Waals surface area (Å²) in [7, 11) is 0. The van der Waals surface area contributed by atoms with Crippen molar-refractivity contribution in [3.05, 3.63) is 71.0 Å². The van der Waals surface area contributed by atoms with E-state index in [0.29, 0.717) is 32.5 Å². The van der Waals surface area contributed by atoms with Crippen LogP contribution in [0.1, 0.15) is 29.2 Å². The van der Waals surface area contributed by atoms with E-state index in [1.807, 2.05) is 53.4 Å². The molecule has 1 atom stereocenters. The first-order valence-electron chi connectivity index (χ1n) is 11.6. The van der Waals surface area contributed by atoms with E-state index in [2.05, 4.69) is 35.9 Å². The summed E-state index contributed by atoms with van der Waals surface area (Å²) in [5.41, 5.74) is 6.55. The highest BCUT2D eigenvalue weighted by Crippen LogP contribution is 2.25. The molecule has 2 amide bonds. The van der Waals surface area contributed by atoms with Gasteiger partial charge < -0.3 is 19.8 Å². The highest BCUT2D eigenvalue weighted by molar-refractivity contribution is 5.92. The minimum atomic E-state index is -0.00814. The highest BCUT2D eigenvalue weighted by Gasteiger charge is 2.30. The molecule has 4 aromatic rings. The lowest BCUT2D eigenvalue weighted by atomic mass is 10.0. The average molecular weight is 443 g/mol. The van der Waals surface area contributed by atoms with Crippen molar-refractivity contribution in [2.24, 2.45) is 0 Å². The number of hydrogen-bond donors (Lipinski definition) is 2. The Kier molecular flexibility index (Phi) is 5.44. The molecule has 1 aliphatic heterocycles. The van der Waals surface area contributed by atoms with E-state index in [0.717, 1.165) is 32.9 Å². The number of aryl methyl sites for hydroxylation is 2. The molecule has 1 fully saturated rings. The number of rotatable bonds is 4. The summed E-state index contributed by atoms with van der Waals surface area (Å²) in [4.78, 5) is 36.6. The second-order valence-electron chi connectivity index (χ2n) is 9.25. The Bertz CT molecular complexity index is 1350. The standard InChI is InChI=1S/C27H30N4O2/c1-17-6-4-8-22-26(17)20(14-28-22)12-24(32)30-10-11-31(19(3)16-30)25(33)13-21-15-29-23-9-5-7-18(2)27(21)23/h4-9,14-15,19,28-29H,10-13,16H2,1-3H3/t19-/m0/s1. The van der Waals surface area contributed by atoms with Gasteiger partial charge in [0.15, 0.2) is 0 Å². The van der Waals surface area contributed by atoms with E-state index in [1.165, 1.54) is 11.1 Å². The van der Waals surface area contributed by atoms with Crippen molar-refractivity contribution in [1.82, 2.24) is 19.8 Å². The minimum Gasteiger partial charge on any atom is -0.361 e. The normalized spacial score (nSPS) is 16.6. The van der Waals surface area contributed by atoms with Crippen molar-refractivity contribution in [2.45, 2.75) is 39.7 Å². The van der Waals surface area contributed by atoms with Crippen LogP contribution in [-0.2, 0) is 22.4 Å². The van der Waals surface area contributed by atoms with Crippen molar-refractivity contribution in [3.8, 4) is 0 Å². The van der Waals surface area contributed by atoms with E-state index < -0.39 is 0 Å². The van der Waals surface area contributed by atoms with Crippen LogP contribution in [0, 0.1) is 13.8 Å². The molecule has 2 aromatic heterocycles. The van der Waals surface area contributed by atoms with Gasteiger partial charge >= 0.3 is 0 Å². The summed E-state index contributed by atoms with van der Waals surface area (Å²) in [6.45, 7) is 7.90. The summed E-state index contributed by atoms with van der Waals surface area (Å²) in [5, 5.41) is 2.28. The Balaban J connectivity index is 1.24. The molecule has 1 saturated heterocycles. The van der Waals surface area contributed by atoms with E-state index >= 15 is 0 Å². The molecule has 0 unspecified atom stereocenters. The van der Waals surface area contributed by atoms with Crippen LogP contribution in [0.4, 0.5) is 0 Å². The zero-order valence-electron chi connectivity index (χ0n) is 19.4. The molecule has 33 heavy (non-hydrogen) atoms. The third kappa shape index (κ3) is 3.90. The molecule has 0 saturated carbocycles. The largest absolute Gasteiger partial charge is 0.361 e. The van der Waals surface area contributed by atoms with Gasteiger partial charge in [0, 0.05) is 59.9 Å². The third-order valence-corrected chi connectivity index (χ3v) is 6.98. The molecular formula is C27H30N4O2. The van der Waals surface area contributed by atoms with Crippen LogP contribution in [0.2, 0.25) is 0 Å². The Morgan fingerprint density at radius 1 is 0.848 bits per heavy atom. The van der Waals surface area contributed by atoms with Gasteiger partial charge in [-0.2, -0.15) is 0 Å². The number of hydrogen-bond acceptors (Lipinski definition) is 2. The van der Waals surface area contributed by atoms with Gasteiger partial charge in [0.25, 0.3) is 0 Å². The van der Waals surface area contributed by atoms with E-state index in [4.69, 9.17) is 0 Å². The number of nitrogens with one attached hydrogen (secondary N) is 2. The number of benzene rings is 2. The molecule has 0 radical (unpaired) electrons. The van der Waals surface area contributed by atoms with Crippen LogP contribution < -0.4 is 0 Å². The predicted octanol–water partition coefficient (Wildman–Crippen LogP) is 4.11. The fourth-order valence-electron chi connectivity index (χ4n) is 5.28. The predicted molar refractivity (Wildman–Crippen MR) is 131 cm³/mol. The molecule has 2 N–H and O–H groups in total. The molecule has 0 aliphatic carbocycles. The number of piperazine rings is 1. The minimum absolute atomic E-state index is 0.00814. The fourth-order valence-corrected chi connectivity index (χ4v) is 5.28. The Morgan fingerprint density at radius 3 is 1.94 bits per heavy atom. The molecule has 1 aliphatic rings. The number of aromatic nitrogens is 2. The maximum Gasteiger partial charge on any atom is 0.227 e. The van der Waals surface area contributed by atoms with Crippen LogP contribution in [0.3, 0.4) is 0 Å². The SMILES string of the molecule is Cc1cccc2[nH]cc(CC(=O)N3CCN(C(=O)Cc4c[nH]c5cccc(C)c45)[C@@H](C)C3)c12. The maximum atomic E-state index is 13.2. The van der Waals surface area contributed by atoms with Crippen molar-refractivity contribution in [2.75, 3.05) is 19.6 Å². The second-order valence-corrected chi connectivity index (χ2v) is 9.25. The Hall–Kier alpha value is -3.54. The number of H-pyrrole nitrogens is 2. The fraction of sp³-hybridized carbons (Fsp3) is 0.333. The molecule has 2 aromatic carbocycles. The van der Waals surface area contributed by atoms with E-state index in [-0.39, 0.29) is 17.9 Å². The number of nitrogens with zero attached hydrogens (tertiary/aromatic N) is 2. The van der Waals surface area contributed by atoms with Crippen LogP contribution in [-0.4, -0.2) is 57.3 Å². The molecule has 170 valence electrons. The second kappa shape index (κ2) is 8.43. The van der Waals surface area contributed by atoms with E-state index in [1.54, 1.807) is 0 Å². The average Bonchev–Trinajstić information content (AvgIpc) is 3.39. The van der Waals surface area contributed by atoms with Gasteiger partial charge in [-0.25, -0.2) is 0 Å². The topological polar surface area (TPSA) is 72.2 Å². The molecule has 6 heteroatoms. The Labute approximate surface area is 193 Å². The summed E-state index contributed by atoms with van der Waals surface area (Å²) >= 11 is 0. The molecule has 0 bridgehead atoms.